The Labute approximate surface area is 126 Å². The molecule has 0 saturated heterocycles. The molecule has 1 aromatic heterocycles. The highest BCUT2D eigenvalue weighted by atomic mass is 32.1. The zero-order valence-electron chi connectivity index (χ0n) is 11.6. The second-order valence-corrected chi connectivity index (χ2v) is 5.89. The maximum Gasteiger partial charge on any atom is 0.355 e. The number of carboxylic acid groups (broad SMARTS) is 1. The molecule has 2 amide bonds. The van der Waals surface area contributed by atoms with Gasteiger partial charge in [-0.05, 0) is 12.8 Å². The third kappa shape index (κ3) is 4.15. The Hall–Kier alpha value is -1.67. The van der Waals surface area contributed by atoms with Crippen molar-refractivity contribution in [1.82, 2.24) is 15.2 Å². The van der Waals surface area contributed by atoms with Gasteiger partial charge in [0.25, 0.3) is 0 Å². The third-order valence-corrected chi connectivity index (χ3v) is 4.38. The largest absolute Gasteiger partial charge is 0.476 e. The molecule has 0 aromatic carbocycles. The van der Waals surface area contributed by atoms with Crippen molar-refractivity contribution < 1.29 is 19.8 Å². The van der Waals surface area contributed by atoms with E-state index in [0.29, 0.717) is 11.6 Å². The smallest absolute Gasteiger partial charge is 0.355 e. The van der Waals surface area contributed by atoms with Crippen molar-refractivity contribution in [1.29, 1.82) is 0 Å². The highest BCUT2D eigenvalue weighted by Crippen LogP contribution is 2.23. The molecule has 1 aromatic rings. The molecular weight excluding hydrogens is 294 g/mol. The van der Waals surface area contributed by atoms with E-state index in [1.165, 1.54) is 16.7 Å². The molecule has 21 heavy (non-hydrogen) atoms. The molecule has 0 bridgehead atoms. The molecular formula is C13H19N3O4S. The molecule has 8 heteroatoms. The van der Waals surface area contributed by atoms with Crippen molar-refractivity contribution in [3.05, 3.63) is 16.1 Å². The topological polar surface area (TPSA) is 103 Å². The first-order valence-corrected chi connectivity index (χ1v) is 7.83. The Balaban J connectivity index is 1.90. The molecule has 1 aliphatic rings. The molecule has 7 nitrogen and oxygen atoms in total. The predicted octanol–water partition coefficient (Wildman–Crippen LogP) is 1.29. The van der Waals surface area contributed by atoms with Gasteiger partial charge in [0.2, 0.25) is 0 Å². The lowest BCUT2D eigenvalue weighted by atomic mass is 10.2. The molecule has 0 atom stereocenters. The number of aliphatic hydroxyl groups is 1. The van der Waals surface area contributed by atoms with E-state index >= 15 is 0 Å². The third-order valence-electron chi connectivity index (χ3n) is 3.53. The van der Waals surface area contributed by atoms with Crippen molar-refractivity contribution >= 4 is 23.3 Å². The van der Waals surface area contributed by atoms with E-state index in [2.05, 4.69) is 10.3 Å². The van der Waals surface area contributed by atoms with E-state index in [1.54, 1.807) is 4.90 Å². The average molecular weight is 313 g/mol. The van der Waals surface area contributed by atoms with Gasteiger partial charge in [0.05, 0.1) is 13.2 Å². The number of carboxylic acids is 1. The summed E-state index contributed by atoms with van der Waals surface area (Å²) in [6.07, 6.45) is 4.14. The van der Waals surface area contributed by atoms with E-state index in [-0.39, 0.29) is 30.9 Å². The summed E-state index contributed by atoms with van der Waals surface area (Å²) >= 11 is 1.20. The number of nitrogens with one attached hydrogen (secondary N) is 1. The van der Waals surface area contributed by atoms with E-state index < -0.39 is 5.97 Å². The number of hydrogen-bond acceptors (Lipinski definition) is 5. The fraction of sp³-hybridized carbons (Fsp3) is 0.615. The van der Waals surface area contributed by atoms with Gasteiger partial charge >= 0.3 is 12.0 Å². The Bertz CT molecular complexity index is 499. The first kappa shape index (κ1) is 15.7. The Morgan fingerprint density at radius 3 is 2.71 bits per heavy atom. The molecule has 2 rings (SSSR count). The lowest BCUT2D eigenvalue weighted by Crippen LogP contribution is -2.46. The predicted molar refractivity (Wildman–Crippen MR) is 77.4 cm³/mol. The van der Waals surface area contributed by atoms with Crippen LogP contribution in [0.25, 0.3) is 0 Å². The maximum atomic E-state index is 12.2. The zero-order valence-corrected chi connectivity index (χ0v) is 12.4. The second-order valence-electron chi connectivity index (χ2n) is 4.95. The summed E-state index contributed by atoms with van der Waals surface area (Å²) < 4.78 is 0. The average Bonchev–Trinajstić information content (AvgIpc) is 3.13. The number of aromatic carboxylic acids is 1. The number of aromatic nitrogens is 1. The number of hydrogen-bond donors (Lipinski definition) is 3. The fourth-order valence-corrected chi connectivity index (χ4v) is 3.22. The number of amides is 2. The Morgan fingerprint density at radius 2 is 2.14 bits per heavy atom. The first-order valence-electron chi connectivity index (χ1n) is 6.95. The minimum atomic E-state index is -1.07. The molecule has 1 fully saturated rings. The molecule has 1 aliphatic carbocycles. The Morgan fingerprint density at radius 1 is 1.43 bits per heavy atom. The molecule has 1 heterocycles. The van der Waals surface area contributed by atoms with Crippen molar-refractivity contribution in [2.24, 2.45) is 0 Å². The SMILES string of the molecule is O=C(O)c1csc(CNC(=O)N(CCO)C2CCCC2)n1. The van der Waals surface area contributed by atoms with Crippen LogP contribution in [-0.2, 0) is 6.54 Å². The Kier molecular flexibility index (Phi) is 5.51. The molecule has 0 unspecified atom stereocenters. The molecule has 3 N–H and O–H groups in total. The van der Waals surface area contributed by atoms with E-state index in [9.17, 15) is 9.59 Å². The first-order chi connectivity index (χ1) is 10.1. The van der Waals surface area contributed by atoms with Crippen molar-refractivity contribution in [3.8, 4) is 0 Å². The minimum absolute atomic E-state index is 0.00717. The van der Waals surface area contributed by atoms with E-state index in [0.717, 1.165) is 25.7 Å². The maximum absolute atomic E-state index is 12.2. The highest BCUT2D eigenvalue weighted by molar-refractivity contribution is 7.09. The lowest BCUT2D eigenvalue weighted by molar-refractivity contribution is 0.0691. The molecule has 0 spiro atoms. The quantitative estimate of drug-likeness (QED) is 0.734. The minimum Gasteiger partial charge on any atom is -0.476 e. The summed E-state index contributed by atoms with van der Waals surface area (Å²) in [5.41, 5.74) is -0.00717. The van der Waals surface area contributed by atoms with Crippen LogP contribution in [0.2, 0.25) is 0 Å². The highest BCUT2D eigenvalue weighted by Gasteiger charge is 2.26. The molecule has 0 aliphatic heterocycles. The summed E-state index contributed by atoms with van der Waals surface area (Å²) in [7, 11) is 0. The number of thiazole rings is 1. The van der Waals surface area contributed by atoms with Gasteiger partial charge in [0.15, 0.2) is 5.69 Å². The summed E-state index contributed by atoms with van der Waals surface area (Å²) in [6, 6.07) is -0.0500. The van der Waals surface area contributed by atoms with Gasteiger partial charge in [-0.15, -0.1) is 11.3 Å². The summed E-state index contributed by atoms with van der Waals surface area (Å²) in [6.45, 7) is 0.449. The number of rotatable bonds is 6. The summed E-state index contributed by atoms with van der Waals surface area (Å²) in [5.74, 6) is -1.07. The van der Waals surface area contributed by atoms with Gasteiger partial charge < -0.3 is 20.4 Å². The summed E-state index contributed by atoms with van der Waals surface area (Å²) in [5, 5.41) is 22.6. The van der Waals surface area contributed by atoms with Gasteiger partial charge in [-0.1, -0.05) is 12.8 Å². The number of carbonyl (C=O) groups excluding carboxylic acids is 1. The van der Waals surface area contributed by atoms with E-state index in [1.807, 2.05) is 0 Å². The fourth-order valence-electron chi connectivity index (χ4n) is 2.52. The normalized spacial score (nSPS) is 15.1. The molecule has 1 saturated carbocycles. The van der Waals surface area contributed by atoms with Crippen LogP contribution >= 0.6 is 11.3 Å². The summed E-state index contributed by atoms with van der Waals surface area (Å²) in [4.78, 5) is 28.5. The van der Waals surface area contributed by atoms with Gasteiger partial charge in [-0.3, -0.25) is 0 Å². The van der Waals surface area contributed by atoms with Gasteiger partial charge in [-0.2, -0.15) is 0 Å². The van der Waals surface area contributed by atoms with Crippen molar-refractivity contribution in [2.75, 3.05) is 13.2 Å². The number of carbonyl (C=O) groups is 2. The van der Waals surface area contributed by atoms with Crippen LogP contribution < -0.4 is 5.32 Å². The van der Waals surface area contributed by atoms with Crippen molar-refractivity contribution in [3.63, 3.8) is 0 Å². The monoisotopic (exact) mass is 313 g/mol. The van der Waals surface area contributed by atoms with Gasteiger partial charge in [-0.25, -0.2) is 14.6 Å². The lowest BCUT2D eigenvalue weighted by Gasteiger charge is -2.28. The zero-order chi connectivity index (χ0) is 15.2. The van der Waals surface area contributed by atoms with Crippen molar-refractivity contribution in [2.45, 2.75) is 38.3 Å². The van der Waals surface area contributed by atoms with Crippen LogP contribution in [0, 0.1) is 0 Å². The second kappa shape index (κ2) is 7.37. The van der Waals surface area contributed by atoms with Gasteiger partial charge in [0, 0.05) is 18.0 Å². The number of aliphatic hydroxyl groups excluding tert-OH is 1. The standard InChI is InChI=1S/C13H19N3O4S/c17-6-5-16(9-3-1-2-4-9)13(20)14-7-11-15-10(8-21-11)12(18)19/h8-9,17H,1-7H2,(H,14,20)(H,18,19). The van der Waals surface area contributed by atoms with Crippen LogP contribution in [0.15, 0.2) is 5.38 Å². The van der Waals surface area contributed by atoms with Crippen LogP contribution in [-0.4, -0.2) is 51.3 Å². The number of urea groups is 1. The van der Waals surface area contributed by atoms with Crippen LogP contribution in [0.5, 0.6) is 0 Å². The van der Waals surface area contributed by atoms with Crippen LogP contribution in [0.4, 0.5) is 4.79 Å². The van der Waals surface area contributed by atoms with E-state index in [4.69, 9.17) is 10.2 Å². The van der Waals surface area contributed by atoms with Gasteiger partial charge in [0.1, 0.15) is 5.01 Å². The van der Waals surface area contributed by atoms with Crippen LogP contribution in [0.3, 0.4) is 0 Å². The number of nitrogens with zero attached hydrogens (tertiary/aromatic N) is 2. The van der Waals surface area contributed by atoms with Crippen LogP contribution in [0.1, 0.15) is 41.2 Å². The molecule has 116 valence electrons. The molecule has 0 radical (unpaired) electrons.